The largest absolute Gasteiger partial charge is 0.416 e. The molecule has 0 saturated carbocycles. The molecule has 2 rings (SSSR count). The maximum atomic E-state index is 12.2. The highest BCUT2D eigenvalue weighted by atomic mass is 32.1. The molecular weight excluding hydrogens is 279 g/mol. The first kappa shape index (κ1) is 14.0. The van der Waals surface area contributed by atoms with Crippen LogP contribution in [0.3, 0.4) is 0 Å². The molecule has 0 bridgehead atoms. The molecular formula is C11H12F3N3OS. The summed E-state index contributed by atoms with van der Waals surface area (Å²) < 4.78 is 36.7. The second-order valence-corrected chi connectivity index (χ2v) is 5.33. The van der Waals surface area contributed by atoms with Crippen LogP contribution >= 0.6 is 11.3 Å². The summed E-state index contributed by atoms with van der Waals surface area (Å²) in [6.45, 7) is 3.14. The number of alkyl halides is 3. The number of fused-ring (bicyclic) bond motifs is 1. The summed E-state index contributed by atoms with van der Waals surface area (Å²) in [6, 6.07) is 0. The van der Waals surface area contributed by atoms with Gasteiger partial charge in [-0.1, -0.05) is 0 Å². The highest BCUT2D eigenvalue weighted by Gasteiger charge is 2.38. The lowest BCUT2D eigenvalue weighted by molar-refractivity contribution is -0.198. The zero-order chi connectivity index (χ0) is 14.2. The number of nitrogens with one attached hydrogen (secondary N) is 1. The van der Waals surface area contributed by atoms with Crippen molar-refractivity contribution in [3.05, 3.63) is 16.8 Å². The predicted molar refractivity (Wildman–Crippen MR) is 67.4 cm³/mol. The van der Waals surface area contributed by atoms with Crippen molar-refractivity contribution in [2.45, 2.75) is 26.1 Å². The lowest BCUT2D eigenvalue weighted by Gasteiger charge is -2.15. The average molecular weight is 291 g/mol. The molecule has 0 fully saturated rings. The van der Waals surface area contributed by atoms with Gasteiger partial charge in [0.15, 0.2) is 6.10 Å². The lowest BCUT2D eigenvalue weighted by Crippen LogP contribution is -2.35. The Hall–Kier alpha value is -1.41. The number of aliphatic hydroxyl groups excluding tert-OH is 1. The molecule has 0 amide bonds. The van der Waals surface area contributed by atoms with Crippen LogP contribution in [0.15, 0.2) is 6.33 Å². The smallest absolute Gasteiger partial charge is 0.382 e. The Morgan fingerprint density at radius 2 is 2.05 bits per heavy atom. The fourth-order valence-electron chi connectivity index (χ4n) is 1.63. The Bertz CT molecular complexity index is 597. The van der Waals surface area contributed by atoms with Crippen molar-refractivity contribution < 1.29 is 18.3 Å². The second-order valence-electron chi connectivity index (χ2n) is 4.12. The van der Waals surface area contributed by atoms with Gasteiger partial charge in [0, 0.05) is 4.88 Å². The first-order chi connectivity index (χ1) is 8.80. The van der Waals surface area contributed by atoms with Crippen LogP contribution in [-0.4, -0.2) is 33.9 Å². The van der Waals surface area contributed by atoms with E-state index in [0.717, 1.165) is 10.4 Å². The van der Waals surface area contributed by atoms with Crippen molar-refractivity contribution in [2.75, 3.05) is 11.9 Å². The molecule has 8 heteroatoms. The van der Waals surface area contributed by atoms with E-state index >= 15 is 0 Å². The SMILES string of the molecule is Cc1sc2ncnc(NC[C@@H](O)C(F)(F)F)c2c1C. The third-order valence-electron chi connectivity index (χ3n) is 2.81. The zero-order valence-electron chi connectivity index (χ0n) is 10.2. The lowest BCUT2D eigenvalue weighted by atomic mass is 10.2. The average Bonchev–Trinajstić information content (AvgIpc) is 2.61. The van der Waals surface area contributed by atoms with Gasteiger partial charge in [0.25, 0.3) is 0 Å². The number of aryl methyl sites for hydroxylation is 2. The van der Waals surface area contributed by atoms with Gasteiger partial charge >= 0.3 is 6.18 Å². The third-order valence-corrected chi connectivity index (χ3v) is 3.92. The minimum atomic E-state index is -4.64. The van der Waals surface area contributed by atoms with Gasteiger partial charge < -0.3 is 10.4 Å². The van der Waals surface area contributed by atoms with Gasteiger partial charge in [-0.25, -0.2) is 9.97 Å². The highest BCUT2D eigenvalue weighted by Crippen LogP contribution is 2.32. The van der Waals surface area contributed by atoms with Gasteiger partial charge in [0.1, 0.15) is 17.0 Å². The van der Waals surface area contributed by atoms with Crippen LogP contribution in [0.4, 0.5) is 19.0 Å². The molecule has 2 aromatic heterocycles. The van der Waals surface area contributed by atoms with E-state index in [2.05, 4.69) is 15.3 Å². The van der Waals surface area contributed by atoms with Crippen LogP contribution in [0.1, 0.15) is 10.4 Å². The predicted octanol–water partition coefficient (Wildman–Crippen LogP) is 2.64. The van der Waals surface area contributed by atoms with E-state index < -0.39 is 18.8 Å². The summed E-state index contributed by atoms with van der Waals surface area (Å²) in [6.07, 6.45) is -5.77. The molecule has 2 heterocycles. The summed E-state index contributed by atoms with van der Waals surface area (Å²) >= 11 is 1.46. The Balaban J connectivity index is 2.26. The van der Waals surface area contributed by atoms with Gasteiger partial charge in [-0.3, -0.25) is 0 Å². The van der Waals surface area contributed by atoms with Crippen molar-refractivity contribution in [3.8, 4) is 0 Å². The molecule has 19 heavy (non-hydrogen) atoms. The van der Waals surface area contributed by atoms with Crippen molar-refractivity contribution in [3.63, 3.8) is 0 Å². The van der Waals surface area contributed by atoms with Crippen LogP contribution < -0.4 is 5.32 Å². The normalized spacial score (nSPS) is 13.8. The summed E-state index contributed by atoms with van der Waals surface area (Å²) in [5, 5.41) is 12.2. The summed E-state index contributed by atoms with van der Waals surface area (Å²) in [5.41, 5.74) is 0.935. The van der Waals surface area contributed by atoms with E-state index in [-0.39, 0.29) is 0 Å². The Kier molecular flexibility index (Phi) is 3.64. The Morgan fingerprint density at radius 1 is 1.37 bits per heavy atom. The van der Waals surface area contributed by atoms with Gasteiger partial charge in [-0.15, -0.1) is 11.3 Å². The first-order valence-electron chi connectivity index (χ1n) is 5.50. The molecule has 0 aromatic carbocycles. The van der Waals surface area contributed by atoms with E-state index in [1.165, 1.54) is 17.7 Å². The second kappa shape index (κ2) is 4.93. The van der Waals surface area contributed by atoms with E-state index in [0.29, 0.717) is 16.0 Å². The monoisotopic (exact) mass is 291 g/mol. The van der Waals surface area contributed by atoms with E-state index in [1.54, 1.807) is 0 Å². The highest BCUT2D eigenvalue weighted by molar-refractivity contribution is 7.18. The van der Waals surface area contributed by atoms with E-state index in [9.17, 15) is 13.2 Å². The molecule has 0 aliphatic rings. The number of nitrogens with zero attached hydrogens (tertiary/aromatic N) is 2. The first-order valence-corrected chi connectivity index (χ1v) is 6.31. The standard InChI is InChI=1S/C11H12F3N3OS/c1-5-6(2)19-10-8(5)9(16-4-17-10)15-3-7(18)11(12,13)14/h4,7,18H,3H2,1-2H3,(H,15,16,17)/t7-/m1/s1. The van der Waals surface area contributed by atoms with Crippen LogP contribution in [0.5, 0.6) is 0 Å². The fraction of sp³-hybridized carbons (Fsp3) is 0.455. The fourth-order valence-corrected chi connectivity index (χ4v) is 2.62. The molecule has 0 radical (unpaired) electrons. The molecule has 0 spiro atoms. The quantitative estimate of drug-likeness (QED) is 0.912. The van der Waals surface area contributed by atoms with Gasteiger partial charge in [-0.05, 0) is 19.4 Å². The Morgan fingerprint density at radius 3 is 2.68 bits per heavy atom. The van der Waals surface area contributed by atoms with Gasteiger partial charge in [0.05, 0.1) is 11.9 Å². The number of anilines is 1. The molecule has 104 valence electrons. The number of hydrogen-bond acceptors (Lipinski definition) is 5. The maximum Gasteiger partial charge on any atom is 0.416 e. The number of halogens is 3. The number of thiophene rings is 1. The van der Waals surface area contributed by atoms with Crippen molar-refractivity contribution >= 4 is 27.4 Å². The van der Waals surface area contributed by atoms with Crippen LogP contribution in [0.2, 0.25) is 0 Å². The Labute approximate surface area is 111 Å². The van der Waals surface area contributed by atoms with E-state index in [4.69, 9.17) is 5.11 Å². The molecule has 0 saturated heterocycles. The maximum absolute atomic E-state index is 12.2. The van der Waals surface area contributed by atoms with E-state index in [1.807, 2.05) is 13.8 Å². The van der Waals surface area contributed by atoms with Crippen molar-refractivity contribution in [1.29, 1.82) is 0 Å². The third kappa shape index (κ3) is 2.79. The molecule has 1 atom stereocenters. The van der Waals surface area contributed by atoms with Crippen molar-refractivity contribution in [1.82, 2.24) is 9.97 Å². The number of hydrogen-bond donors (Lipinski definition) is 2. The summed E-state index contributed by atoms with van der Waals surface area (Å²) in [4.78, 5) is 9.78. The van der Waals surface area contributed by atoms with Crippen LogP contribution in [0, 0.1) is 13.8 Å². The van der Waals surface area contributed by atoms with Gasteiger partial charge in [0.2, 0.25) is 0 Å². The number of aliphatic hydroxyl groups is 1. The van der Waals surface area contributed by atoms with Crippen LogP contribution in [-0.2, 0) is 0 Å². The number of rotatable bonds is 3. The van der Waals surface area contributed by atoms with Crippen LogP contribution in [0.25, 0.3) is 10.2 Å². The molecule has 2 aromatic rings. The molecule has 2 N–H and O–H groups in total. The topological polar surface area (TPSA) is 58.0 Å². The summed E-state index contributed by atoms with van der Waals surface area (Å²) in [5.74, 6) is 0.315. The zero-order valence-corrected chi connectivity index (χ0v) is 11.1. The molecule has 0 aliphatic carbocycles. The number of aromatic nitrogens is 2. The minimum absolute atomic E-state index is 0.315. The molecule has 4 nitrogen and oxygen atoms in total. The van der Waals surface area contributed by atoms with Crippen molar-refractivity contribution in [2.24, 2.45) is 0 Å². The minimum Gasteiger partial charge on any atom is -0.382 e. The molecule has 0 unspecified atom stereocenters. The summed E-state index contributed by atoms with van der Waals surface area (Å²) in [7, 11) is 0. The molecule has 0 aliphatic heterocycles. The van der Waals surface area contributed by atoms with Gasteiger partial charge in [-0.2, -0.15) is 13.2 Å².